The molecule has 22 heavy (non-hydrogen) atoms. The zero-order valence-electron chi connectivity index (χ0n) is 12.2. The Bertz CT molecular complexity index is 753. The van der Waals surface area contributed by atoms with E-state index in [1.165, 1.54) is 0 Å². The van der Waals surface area contributed by atoms with Gasteiger partial charge in [0.1, 0.15) is 5.75 Å². The fourth-order valence-electron chi connectivity index (χ4n) is 2.08. The van der Waals surface area contributed by atoms with E-state index in [0.717, 1.165) is 33.5 Å². The van der Waals surface area contributed by atoms with Crippen LogP contribution in [-0.2, 0) is 0 Å². The molecule has 0 amide bonds. The van der Waals surface area contributed by atoms with Crippen molar-refractivity contribution in [2.24, 2.45) is 0 Å². The smallest absolute Gasteiger partial charge is 0.187 e. The summed E-state index contributed by atoms with van der Waals surface area (Å²) in [5.41, 5.74) is 9.37. The molecular formula is C17H17N3OS. The molecule has 3 N–H and O–H groups in total. The van der Waals surface area contributed by atoms with Crippen LogP contribution in [0.2, 0.25) is 0 Å². The second-order valence-electron chi connectivity index (χ2n) is 4.71. The number of nitrogen functional groups attached to an aromatic ring is 1. The molecule has 5 heteroatoms. The molecule has 0 saturated heterocycles. The Hall–Kier alpha value is -2.53. The van der Waals surface area contributed by atoms with Crippen molar-refractivity contribution in [2.75, 3.05) is 17.7 Å². The Labute approximate surface area is 133 Å². The lowest BCUT2D eigenvalue weighted by atomic mass is 10.1. The van der Waals surface area contributed by atoms with Gasteiger partial charge in [0.15, 0.2) is 5.13 Å². The summed E-state index contributed by atoms with van der Waals surface area (Å²) < 4.78 is 5.61. The Balaban J connectivity index is 1.81. The first-order valence-electron chi connectivity index (χ1n) is 7.06. The maximum absolute atomic E-state index is 5.71. The van der Waals surface area contributed by atoms with E-state index in [1.807, 2.05) is 60.8 Å². The van der Waals surface area contributed by atoms with Crippen LogP contribution in [0.5, 0.6) is 5.75 Å². The number of aromatic nitrogens is 1. The number of nitrogens with two attached hydrogens (primary N) is 1. The summed E-state index contributed by atoms with van der Waals surface area (Å²) in [6.07, 6.45) is 0. The number of nitrogens with one attached hydrogen (secondary N) is 1. The lowest BCUT2D eigenvalue weighted by Crippen LogP contribution is -1.97. The number of thiazole rings is 1. The molecule has 4 nitrogen and oxygen atoms in total. The predicted octanol–water partition coefficient (Wildman–Crippen LogP) is 4.53. The lowest BCUT2D eigenvalue weighted by molar-refractivity contribution is 0.342. The molecule has 1 aromatic heterocycles. The number of nitrogens with zero attached hydrogens (tertiary/aromatic N) is 1. The minimum atomic E-state index is 0.632. The van der Waals surface area contributed by atoms with Crippen LogP contribution in [0.15, 0.2) is 53.9 Å². The molecule has 0 spiro atoms. The fraction of sp³-hybridized carbons (Fsp3) is 0.118. The molecule has 0 radical (unpaired) electrons. The van der Waals surface area contributed by atoms with E-state index in [1.54, 1.807) is 11.3 Å². The van der Waals surface area contributed by atoms with Crippen molar-refractivity contribution in [3.05, 3.63) is 53.9 Å². The summed E-state index contributed by atoms with van der Waals surface area (Å²) in [4.78, 5) is 4.62. The van der Waals surface area contributed by atoms with Crippen molar-refractivity contribution in [3.8, 4) is 17.0 Å². The van der Waals surface area contributed by atoms with Crippen LogP contribution in [0.3, 0.4) is 0 Å². The number of rotatable bonds is 5. The molecule has 0 saturated carbocycles. The van der Waals surface area contributed by atoms with Crippen LogP contribution < -0.4 is 15.8 Å². The van der Waals surface area contributed by atoms with Gasteiger partial charge < -0.3 is 15.8 Å². The average molecular weight is 311 g/mol. The highest BCUT2D eigenvalue weighted by atomic mass is 32.1. The standard InChI is InChI=1S/C17H17N3OS/c1-2-21-16-6-4-3-5-14(16)19-17-20-15(11-22-17)12-7-9-13(18)10-8-12/h3-11H,2,18H2,1H3,(H,19,20). The summed E-state index contributed by atoms with van der Waals surface area (Å²) in [5.74, 6) is 0.828. The number of para-hydroxylation sites is 2. The van der Waals surface area contributed by atoms with Crippen molar-refractivity contribution >= 4 is 27.8 Å². The second-order valence-corrected chi connectivity index (χ2v) is 5.57. The van der Waals surface area contributed by atoms with Crippen molar-refractivity contribution in [1.82, 2.24) is 4.98 Å². The lowest BCUT2D eigenvalue weighted by Gasteiger charge is -2.09. The molecule has 0 aliphatic rings. The number of hydrogen-bond acceptors (Lipinski definition) is 5. The van der Waals surface area contributed by atoms with E-state index in [4.69, 9.17) is 10.5 Å². The van der Waals surface area contributed by atoms with Gasteiger partial charge in [-0.05, 0) is 31.2 Å². The van der Waals surface area contributed by atoms with Crippen LogP contribution in [0.4, 0.5) is 16.5 Å². The summed E-state index contributed by atoms with van der Waals surface area (Å²) in [6.45, 7) is 2.60. The summed E-state index contributed by atoms with van der Waals surface area (Å²) in [5, 5.41) is 6.17. The molecule has 0 bridgehead atoms. The summed E-state index contributed by atoms with van der Waals surface area (Å²) in [6, 6.07) is 15.6. The summed E-state index contributed by atoms with van der Waals surface area (Å²) in [7, 11) is 0. The normalized spacial score (nSPS) is 10.4. The summed E-state index contributed by atoms with van der Waals surface area (Å²) >= 11 is 1.56. The average Bonchev–Trinajstić information content (AvgIpc) is 2.99. The van der Waals surface area contributed by atoms with Crippen molar-refractivity contribution in [2.45, 2.75) is 6.92 Å². The van der Waals surface area contributed by atoms with Crippen LogP contribution >= 0.6 is 11.3 Å². The Morgan fingerprint density at radius 2 is 1.91 bits per heavy atom. The van der Waals surface area contributed by atoms with Crippen molar-refractivity contribution in [3.63, 3.8) is 0 Å². The SMILES string of the molecule is CCOc1ccccc1Nc1nc(-c2ccc(N)cc2)cs1. The molecule has 0 atom stereocenters. The highest BCUT2D eigenvalue weighted by Gasteiger charge is 2.07. The van der Waals surface area contributed by atoms with E-state index in [2.05, 4.69) is 10.3 Å². The topological polar surface area (TPSA) is 60.2 Å². The van der Waals surface area contributed by atoms with Crippen LogP contribution in [-0.4, -0.2) is 11.6 Å². The molecule has 0 fully saturated rings. The number of hydrogen-bond donors (Lipinski definition) is 2. The highest BCUT2D eigenvalue weighted by molar-refractivity contribution is 7.14. The van der Waals surface area contributed by atoms with Crippen LogP contribution in [0.1, 0.15) is 6.92 Å². The Morgan fingerprint density at radius 1 is 1.14 bits per heavy atom. The van der Waals surface area contributed by atoms with Gasteiger partial charge in [0.05, 0.1) is 18.0 Å². The molecular weight excluding hydrogens is 294 g/mol. The largest absolute Gasteiger partial charge is 0.492 e. The zero-order chi connectivity index (χ0) is 15.4. The molecule has 3 aromatic rings. The van der Waals surface area contributed by atoms with Gasteiger partial charge in [-0.15, -0.1) is 11.3 Å². The van der Waals surface area contributed by atoms with Gasteiger partial charge >= 0.3 is 0 Å². The maximum atomic E-state index is 5.71. The third kappa shape index (κ3) is 3.20. The van der Waals surface area contributed by atoms with E-state index in [9.17, 15) is 0 Å². The van der Waals surface area contributed by atoms with Crippen LogP contribution in [0, 0.1) is 0 Å². The van der Waals surface area contributed by atoms with Gasteiger partial charge in [-0.3, -0.25) is 0 Å². The number of benzene rings is 2. The van der Waals surface area contributed by atoms with E-state index >= 15 is 0 Å². The fourth-order valence-corrected chi connectivity index (χ4v) is 2.82. The minimum Gasteiger partial charge on any atom is -0.492 e. The molecule has 1 heterocycles. The number of ether oxygens (including phenoxy) is 1. The van der Waals surface area contributed by atoms with E-state index < -0.39 is 0 Å². The van der Waals surface area contributed by atoms with Gasteiger partial charge in [0.2, 0.25) is 0 Å². The van der Waals surface area contributed by atoms with E-state index in [0.29, 0.717) is 6.61 Å². The van der Waals surface area contributed by atoms with Crippen molar-refractivity contribution in [1.29, 1.82) is 0 Å². The first-order chi connectivity index (χ1) is 10.8. The zero-order valence-corrected chi connectivity index (χ0v) is 13.1. The van der Waals surface area contributed by atoms with Crippen molar-refractivity contribution < 1.29 is 4.74 Å². The molecule has 3 rings (SSSR count). The van der Waals surface area contributed by atoms with Gasteiger partial charge in [0, 0.05) is 16.6 Å². The third-order valence-corrected chi connectivity index (χ3v) is 3.90. The monoisotopic (exact) mass is 311 g/mol. The first-order valence-corrected chi connectivity index (χ1v) is 7.94. The third-order valence-electron chi connectivity index (χ3n) is 3.14. The van der Waals surface area contributed by atoms with Gasteiger partial charge in [-0.2, -0.15) is 0 Å². The number of anilines is 3. The molecule has 2 aromatic carbocycles. The second kappa shape index (κ2) is 6.49. The van der Waals surface area contributed by atoms with Crippen LogP contribution in [0.25, 0.3) is 11.3 Å². The highest BCUT2D eigenvalue weighted by Crippen LogP contribution is 2.31. The van der Waals surface area contributed by atoms with Gasteiger partial charge in [0.25, 0.3) is 0 Å². The van der Waals surface area contributed by atoms with Gasteiger partial charge in [-0.25, -0.2) is 4.98 Å². The predicted molar refractivity (Wildman–Crippen MR) is 92.9 cm³/mol. The first kappa shape index (κ1) is 14.4. The Morgan fingerprint density at radius 3 is 2.68 bits per heavy atom. The maximum Gasteiger partial charge on any atom is 0.187 e. The van der Waals surface area contributed by atoms with Gasteiger partial charge in [-0.1, -0.05) is 24.3 Å². The van der Waals surface area contributed by atoms with E-state index in [-0.39, 0.29) is 0 Å². The molecule has 0 unspecified atom stereocenters. The molecule has 0 aliphatic carbocycles. The molecule has 0 aliphatic heterocycles. The Kier molecular flexibility index (Phi) is 4.25. The minimum absolute atomic E-state index is 0.632. The molecule has 112 valence electrons. The quantitative estimate of drug-likeness (QED) is 0.679.